The molecule has 0 aliphatic rings. The van der Waals surface area contributed by atoms with Gasteiger partial charge >= 0.3 is 0 Å². The van der Waals surface area contributed by atoms with Crippen molar-refractivity contribution in [3.05, 3.63) is 58.4 Å². The monoisotopic (exact) mass is 482 g/mol. The minimum absolute atomic E-state index is 0.197. The summed E-state index contributed by atoms with van der Waals surface area (Å²) in [5.74, 6) is -5.09. The third-order valence-corrected chi connectivity index (χ3v) is 4.26. The number of hydrogen-bond donors (Lipinski definition) is 4. The van der Waals surface area contributed by atoms with Gasteiger partial charge in [0.15, 0.2) is 18.2 Å². The minimum Gasteiger partial charge on any atom is -0.394 e. The van der Waals surface area contributed by atoms with Crippen LogP contribution in [0, 0.1) is 24.4 Å². The van der Waals surface area contributed by atoms with E-state index in [2.05, 4.69) is 15.8 Å². The van der Waals surface area contributed by atoms with Crippen LogP contribution < -0.4 is 16.1 Å². The number of aliphatic hydroxyl groups is 1. The van der Waals surface area contributed by atoms with Crippen molar-refractivity contribution in [3.63, 3.8) is 0 Å². The molecule has 2 aromatic carbocycles. The van der Waals surface area contributed by atoms with Gasteiger partial charge in [0.25, 0.3) is 11.8 Å². The van der Waals surface area contributed by atoms with Crippen molar-refractivity contribution >= 4 is 29.4 Å². The zero-order valence-corrected chi connectivity index (χ0v) is 18.6. The first-order chi connectivity index (χ1) is 16.3. The number of aryl methyl sites for hydroxylation is 1. The summed E-state index contributed by atoms with van der Waals surface area (Å²) in [7, 11) is 0. The van der Waals surface area contributed by atoms with Gasteiger partial charge in [0.05, 0.1) is 36.4 Å². The van der Waals surface area contributed by atoms with Crippen LogP contribution in [0.1, 0.15) is 34.8 Å². The summed E-state index contributed by atoms with van der Waals surface area (Å²) in [5.41, 5.74) is 0.801. The molecular formula is C22H25F3N4O5. The average Bonchev–Trinajstić information content (AvgIpc) is 2.81. The van der Waals surface area contributed by atoms with Crippen LogP contribution in [-0.4, -0.2) is 49.5 Å². The summed E-state index contributed by atoms with van der Waals surface area (Å²) in [4.78, 5) is 33.6. The van der Waals surface area contributed by atoms with E-state index in [0.29, 0.717) is 12.1 Å². The number of nitrogens with one attached hydrogen (secondary N) is 3. The zero-order chi connectivity index (χ0) is 25.1. The summed E-state index contributed by atoms with van der Waals surface area (Å²) in [6.45, 7) is 2.85. The summed E-state index contributed by atoms with van der Waals surface area (Å²) in [6, 6.07) is 4.96. The molecule has 0 spiro atoms. The van der Waals surface area contributed by atoms with E-state index >= 15 is 0 Å². The van der Waals surface area contributed by atoms with E-state index < -0.39 is 59.3 Å². The first-order valence-corrected chi connectivity index (χ1v) is 10.3. The maximum absolute atomic E-state index is 15.0. The normalized spacial score (nSPS) is 10.9. The Hall–Kier alpha value is -3.64. The summed E-state index contributed by atoms with van der Waals surface area (Å²) in [5, 5.41) is 17.2. The number of nitrogens with zero attached hydrogens (tertiary/aromatic N) is 1. The largest absolute Gasteiger partial charge is 0.394 e. The zero-order valence-electron chi connectivity index (χ0n) is 18.6. The molecule has 0 aromatic heterocycles. The van der Waals surface area contributed by atoms with Gasteiger partial charge in [-0.15, -0.1) is 0 Å². The topological polar surface area (TPSA) is 121 Å². The predicted octanol–water partition coefficient (Wildman–Crippen LogP) is 2.69. The number of carbonyl (C=O) groups excluding carboxylic acids is 2. The molecule has 0 aliphatic heterocycles. The van der Waals surface area contributed by atoms with Gasteiger partial charge in [-0.05, 0) is 37.1 Å². The number of benzene rings is 2. The molecule has 9 nitrogen and oxygen atoms in total. The molecule has 0 atom stereocenters. The molecule has 0 fully saturated rings. The minimum atomic E-state index is -1.49. The van der Waals surface area contributed by atoms with E-state index in [-0.39, 0.29) is 12.3 Å². The lowest BCUT2D eigenvalue weighted by Crippen LogP contribution is -2.27. The fourth-order valence-corrected chi connectivity index (χ4v) is 2.62. The van der Waals surface area contributed by atoms with Crippen LogP contribution in [-0.2, 0) is 14.5 Å². The van der Waals surface area contributed by atoms with Gasteiger partial charge in [-0.1, -0.05) is 18.1 Å². The fourth-order valence-electron chi connectivity index (χ4n) is 2.62. The molecule has 2 aromatic rings. The summed E-state index contributed by atoms with van der Waals surface area (Å²) >= 11 is 0. The molecule has 2 amide bonds. The van der Waals surface area contributed by atoms with Gasteiger partial charge < -0.3 is 20.6 Å². The number of anilines is 2. The number of rotatable bonds is 12. The molecule has 34 heavy (non-hydrogen) atoms. The van der Waals surface area contributed by atoms with Crippen LogP contribution in [0.3, 0.4) is 0 Å². The maximum atomic E-state index is 15.0. The highest BCUT2D eigenvalue weighted by Gasteiger charge is 2.23. The SMILES string of the molecule is CCCNC(=O)CO/N=C/c1cc(C(=O)NOCCO)c(Nc2ccc(C)cc2F)c(F)c1F. The maximum Gasteiger partial charge on any atom is 0.277 e. The smallest absolute Gasteiger partial charge is 0.277 e. The van der Waals surface area contributed by atoms with Crippen molar-refractivity contribution in [3.8, 4) is 0 Å². The third kappa shape index (κ3) is 7.46. The van der Waals surface area contributed by atoms with Gasteiger partial charge in [0.2, 0.25) is 0 Å². The lowest BCUT2D eigenvalue weighted by Gasteiger charge is -2.15. The van der Waals surface area contributed by atoms with Crippen LogP contribution in [0.2, 0.25) is 0 Å². The van der Waals surface area contributed by atoms with Crippen molar-refractivity contribution < 1.29 is 37.5 Å². The molecule has 2 rings (SSSR count). The van der Waals surface area contributed by atoms with Gasteiger partial charge in [-0.2, -0.15) is 0 Å². The Morgan fingerprint density at radius 1 is 1.18 bits per heavy atom. The van der Waals surface area contributed by atoms with E-state index in [1.165, 1.54) is 12.1 Å². The molecule has 0 bridgehead atoms. The van der Waals surface area contributed by atoms with Crippen LogP contribution in [0.25, 0.3) is 0 Å². The van der Waals surface area contributed by atoms with Crippen LogP contribution in [0.5, 0.6) is 0 Å². The molecule has 0 saturated carbocycles. The number of hydroxylamine groups is 1. The van der Waals surface area contributed by atoms with Gasteiger partial charge in [0, 0.05) is 12.1 Å². The first-order valence-electron chi connectivity index (χ1n) is 10.3. The van der Waals surface area contributed by atoms with Crippen molar-refractivity contribution in [1.29, 1.82) is 0 Å². The van der Waals surface area contributed by atoms with Crippen molar-refractivity contribution in [2.45, 2.75) is 20.3 Å². The van der Waals surface area contributed by atoms with E-state index in [0.717, 1.165) is 18.7 Å². The molecule has 12 heteroatoms. The molecular weight excluding hydrogens is 457 g/mol. The Bertz CT molecular complexity index is 1050. The van der Waals surface area contributed by atoms with E-state index in [4.69, 9.17) is 14.8 Å². The number of aliphatic hydroxyl groups excluding tert-OH is 1. The highest BCUT2D eigenvalue weighted by molar-refractivity contribution is 6.01. The average molecular weight is 482 g/mol. The van der Waals surface area contributed by atoms with Crippen molar-refractivity contribution in [1.82, 2.24) is 10.8 Å². The van der Waals surface area contributed by atoms with E-state index in [9.17, 15) is 22.8 Å². The van der Waals surface area contributed by atoms with E-state index in [1.54, 1.807) is 13.0 Å². The van der Waals surface area contributed by atoms with Crippen LogP contribution >= 0.6 is 0 Å². The Balaban J connectivity index is 2.35. The molecule has 184 valence electrons. The number of carbonyl (C=O) groups is 2. The fraction of sp³-hybridized carbons (Fsp3) is 0.318. The lowest BCUT2D eigenvalue weighted by molar-refractivity contribution is -0.125. The second kappa shape index (κ2) is 13.2. The van der Waals surface area contributed by atoms with E-state index in [1.807, 2.05) is 12.4 Å². The summed E-state index contributed by atoms with van der Waals surface area (Å²) in [6.07, 6.45) is 1.51. The quantitative estimate of drug-likeness (QED) is 0.210. The van der Waals surface area contributed by atoms with Gasteiger partial charge in [-0.25, -0.2) is 18.7 Å². The lowest BCUT2D eigenvalue weighted by atomic mass is 10.1. The first kappa shape index (κ1) is 26.6. The number of oxime groups is 1. The number of halogens is 3. The standard InChI is InChI=1S/C22H25F3N4O5/c1-3-6-26-18(31)12-34-27-11-14-10-15(22(32)29-33-8-7-30)21(20(25)19(14)24)28-17-5-4-13(2)9-16(17)23/h4-5,9-11,28,30H,3,6-8,12H2,1-2H3,(H,26,31)(H,29,32)/b27-11+. The molecule has 0 heterocycles. The Kier molecular flexibility index (Phi) is 10.3. The predicted molar refractivity (Wildman–Crippen MR) is 118 cm³/mol. The van der Waals surface area contributed by atoms with Gasteiger partial charge in [-0.3, -0.25) is 14.4 Å². The molecule has 0 radical (unpaired) electrons. The Morgan fingerprint density at radius 3 is 2.62 bits per heavy atom. The Morgan fingerprint density at radius 2 is 1.94 bits per heavy atom. The molecule has 4 N–H and O–H groups in total. The van der Waals surface area contributed by atoms with Crippen LogP contribution in [0.15, 0.2) is 29.4 Å². The number of amides is 2. The summed E-state index contributed by atoms with van der Waals surface area (Å²) < 4.78 is 43.9. The highest BCUT2D eigenvalue weighted by Crippen LogP contribution is 2.30. The number of hydrogen-bond acceptors (Lipinski definition) is 7. The third-order valence-electron chi connectivity index (χ3n) is 4.26. The van der Waals surface area contributed by atoms with Crippen LogP contribution in [0.4, 0.5) is 24.5 Å². The second-order valence-electron chi connectivity index (χ2n) is 6.99. The second-order valence-corrected chi connectivity index (χ2v) is 6.99. The molecule has 0 unspecified atom stereocenters. The molecule has 0 saturated heterocycles. The van der Waals surface area contributed by atoms with Gasteiger partial charge in [0.1, 0.15) is 5.82 Å². The Labute approximate surface area is 193 Å². The highest BCUT2D eigenvalue weighted by atomic mass is 19.2. The van der Waals surface area contributed by atoms with Crippen molar-refractivity contribution in [2.75, 3.05) is 31.7 Å². The van der Waals surface area contributed by atoms with Crippen molar-refractivity contribution in [2.24, 2.45) is 5.16 Å². The molecule has 0 aliphatic carbocycles.